The average molecular weight is 376 g/mol. The number of H-pyrrole nitrogens is 1. The van der Waals surface area contributed by atoms with Crippen LogP contribution in [0.25, 0.3) is 6.08 Å². The van der Waals surface area contributed by atoms with Gasteiger partial charge < -0.3 is 4.98 Å². The number of aryl methyl sites for hydroxylation is 1. The Balaban J connectivity index is 1.72. The van der Waals surface area contributed by atoms with Crippen molar-refractivity contribution in [1.82, 2.24) is 20.6 Å². The van der Waals surface area contributed by atoms with E-state index in [4.69, 9.17) is 0 Å². The van der Waals surface area contributed by atoms with Crippen molar-refractivity contribution in [3.05, 3.63) is 64.8 Å². The molecule has 2 amide bonds. The summed E-state index contributed by atoms with van der Waals surface area (Å²) in [4.78, 5) is 25.9. The predicted octanol–water partition coefficient (Wildman–Crippen LogP) is 1.06. The molecular formula is C17H20N4O4S. The molecule has 0 aliphatic heterocycles. The van der Waals surface area contributed by atoms with E-state index in [1.165, 1.54) is 6.08 Å². The van der Waals surface area contributed by atoms with Crippen molar-refractivity contribution in [2.24, 2.45) is 0 Å². The molecule has 0 radical (unpaired) electrons. The molecule has 1 aromatic carbocycles. The Kier molecular flexibility index (Phi) is 6.70. The van der Waals surface area contributed by atoms with Crippen LogP contribution in [-0.4, -0.2) is 31.8 Å². The van der Waals surface area contributed by atoms with Crippen LogP contribution in [0.4, 0.5) is 0 Å². The number of carbonyl (C=O) groups is 2. The van der Waals surface area contributed by atoms with Gasteiger partial charge in [0.1, 0.15) is 5.69 Å². The van der Waals surface area contributed by atoms with Crippen LogP contribution < -0.4 is 15.6 Å². The van der Waals surface area contributed by atoms with Gasteiger partial charge in [-0.05, 0) is 30.7 Å². The molecule has 0 atom stereocenters. The van der Waals surface area contributed by atoms with E-state index in [-0.39, 0.29) is 13.0 Å². The first-order valence-electron chi connectivity index (χ1n) is 7.83. The number of aromatic amines is 1. The van der Waals surface area contributed by atoms with Crippen LogP contribution in [-0.2, 0) is 14.8 Å². The topological polar surface area (TPSA) is 120 Å². The average Bonchev–Trinajstić information content (AvgIpc) is 3.14. The molecule has 2 aromatic rings. The van der Waals surface area contributed by atoms with Gasteiger partial charge in [0, 0.05) is 24.6 Å². The Morgan fingerprint density at radius 2 is 1.85 bits per heavy atom. The van der Waals surface area contributed by atoms with Crippen LogP contribution in [0.3, 0.4) is 0 Å². The van der Waals surface area contributed by atoms with Crippen molar-refractivity contribution in [2.45, 2.75) is 13.3 Å². The molecule has 0 unspecified atom stereocenters. The van der Waals surface area contributed by atoms with Crippen LogP contribution in [0.5, 0.6) is 0 Å². The van der Waals surface area contributed by atoms with Gasteiger partial charge >= 0.3 is 0 Å². The highest BCUT2D eigenvalue weighted by Crippen LogP contribution is 2.06. The van der Waals surface area contributed by atoms with Crippen LogP contribution in [0.1, 0.15) is 28.0 Å². The smallest absolute Gasteiger partial charge is 0.286 e. The Hall–Kier alpha value is -2.91. The Morgan fingerprint density at radius 1 is 1.12 bits per heavy atom. The number of sulfonamides is 1. The molecule has 0 fully saturated rings. The summed E-state index contributed by atoms with van der Waals surface area (Å²) in [5.41, 5.74) is 6.57. The summed E-state index contributed by atoms with van der Waals surface area (Å²) in [5.74, 6) is -1.01. The first kappa shape index (κ1) is 19.4. The third-order valence-corrected chi connectivity index (χ3v) is 4.43. The fourth-order valence-corrected chi connectivity index (χ4v) is 2.75. The van der Waals surface area contributed by atoms with Gasteiger partial charge in [0.15, 0.2) is 0 Å². The summed E-state index contributed by atoms with van der Waals surface area (Å²) >= 11 is 0. The standard InChI is InChI=1S/C17H20N4O4S/c1-13-4-6-14(7-5-13)9-12-26(24,25)19-11-8-16(22)20-21-17(23)15-3-2-10-18-15/h2-7,9-10,12,18-19H,8,11H2,1H3,(H,20,22)(H,21,23)/b12-9+. The lowest BCUT2D eigenvalue weighted by Crippen LogP contribution is -2.42. The lowest BCUT2D eigenvalue weighted by atomic mass is 10.2. The first-order chi connectivity index (χ1) is 12.4. The zero-order chi connectivity index (χ0) is 19.0. The summed E-state index contributed by atoms with van der Waals surface area (Å²) in [6.45, 7) is 1.85. The van der Waals surface area contributed by atoms with Gasteiger partial charge in [-0.1, -0.05) is 29.8 Å². The molecule has 1 aromatic heterocycles. The van der Waals surface area contributed by atoms with Gasteiger partial charge in [0.05, 0.1) is 0 Å². The molecule has 0 spiro atoms. The number of hydrogen-bond donors (Lipinski definition) is 4. The highest BCUT2D eigenvalue weighted by Gasteiger charge is 2.09. The molecule has 0 saturated carbocycles. The van der Waals surface area contributed by atoms with E-state index in [1.54, 1.807) is 18.3 Å². The van der Waals surface area contributed by atoms with E-state index in [0.29, 0.717) is 5.69 Å². The molecule has 8 nitrogen and oxygen atoms in total. The quantitative estimate of drug-likeness (QED) is 0.540. The fraction of sp³-hybridized carbons (Fsp3) is 0.176. The van der Waals surface area contributed by atoms with Crippen LogP contribution in [0.2, 0.25) is 0 Å². The maximum Gasteiger partial charge on any atom is 0.286 e. The number of hydrogen-bond acceptors (Lipinski definition) is 4. The van der Waals surface area contributed by atoms with Crippen LogP contribution in [0.15, 0.2) is 48.0 Å². The molecule has 0 bridgehead atoms. The van der Waals surface area contributed by atoms with Gasteiger partial charge in [-0.25, -0.2) is 13.1 Å². The molecule has 0 aliphatic rings. The summed E-state index contributed by atoms with van der Waals surface area (Å²) in [6, 6.07) is 10.6. The fourth-order valence-electron chi connectivity index (χ4n) is 1.93. The predicted molar refractivity (Wildman–Crippen MR) is 98.2 cm³/mol. The van der Waals surface area contributed by atoms with Gasteiger partial charge in [-0.2, -0.15) is 0 Å². The molecule has 138 valence electrons. The van der Waals surface area contributed by atoms with E-state index < -0.39 is 21.8 Å². The Morgan fingerprint density at radius 3 is 2.50 bits per heavy atom. The van der Waals surface area contributed by atoms with Gasteiger partial charge in [-0.3, -0.25) is 20.4 Å². The summed E-state index contributed by atoms with van der Waals surface area (Å²) in [5, 5.41) is 1.04. The third-order valence-electron chi connectivity index (χ3n) is 3.33. The van der Waals surface area contributed by atoms with E-state index in [1.807, 2.05) is 31.2 Å². The number of aromatic nitrogens is 1. The van der Waals surface area contributed by atoms with Crippen molar-refractivity contribution in [1.29, 1.82) is 0 Å². The normalized spacial score (nSPS) is 11.4. The Labute approximate surface area is 151 Å². The first-order valence-corrected chi connectivity index (χ1v) is 9.37. The zero-order valence-corrected chi connectivity index (χ0v) is 15.0. The van der Waals surface area contributed by atoms with Crippen molar-refractivity contribution in [2.75, 3.05) is 6.54 Å². The molecule has 0 aliphatic carbocycles. The van der Waals surface area contributed by atoms with E-state index in [2.05, 4.69) is 20.6 Å². The number of nitrogens with one attached hydrogen (secondary N) is 4. The lowest BCUT2D eigenvalue weighted by molar-refractivity contribution is -0.121. The van der Waals surface area contributed by atoms with Gasteiger partial charge in [-0.15, -0.1) is 0 Å². The number of hydrazine groups is 1. The highest BCUT2D eigenvalue weighted by atomic mass is 32.2. The maximum atomic E-state index is 11.9. The summed E-state index contributed by atoms with van der Waals surface area (Å²) in [7, 11) is -3.66. The second-order valence-corrected chi connectivity index (χ2v) is 7.14. The molecule has 2 rings (SSSR count). The summed E-state index contributed by atoms with van der Waals surface area (Å²) < 4.78 is 26.0. The molecule has 0 saturated heterocycles. The number of benzene rings is 1. The monoisotopic (exact) mass is 376 g/mol. The van der Waals surface area contributed by atoms with Crippen molar-refractivity contribution in [3.8, 4) is 0 Å². The maximum absolute atomic E-state index is 11.9. The minimum atomic E-state index is -3.66. The number of amides is 2. The second-order valence-electron chi connectivity index (χ2n) is 5.49. The van der Waals surface area contributed by atoms with Crippen molar-refractivity contribution in [3.63, 3.8) is 0 Å². The SMILES string of the molecule is Cc1ccc(/C=C/S(=O)(=O)NCCC(=O)NNC(=O)c2ccc[nH]2)cc1. The lowest BCUT2D eigenvalue weighted by Gasteiger charge is -2.06. The van der Waals surface area contributed by atoms with Gasteiger partial charge in [0.2, 0.25) is 15.9 Å². The van der Waals surface area contributed by atoms with Crippen molar-refractivity contribution < 1.29 is 18.0 Å². The summed E-state index contributed by atoms with van der Waals surface area (Å²) in [6.07, 6.45) is 2.93. The number of carbonyl (C=O) groups excluding carboxylic acids is 2. The molecule has 1 heterocycles. The molecule has 26 heavy (non-hydrogen) atoms. The number of rotatable bonds is 7. The second kappa shape index (κ2) is 8.97. The van der Waals surface area contributed by atoms with E-state index in [9.17, 15) is 18.0 Å². The molecule has 4 N–H and O–H groups in total. The Bertz CT molecular complexity index is 872. The minimum Gasteiger partial charge on any atom is -0.357 e. The van der Waals surface area contributed by atoms with Crippen LogP contribution in [0, 0.1) is 6.92 Å². The minimum absolute atomic E-state index is 0.0925. The highest BCUT2D eigenvalue weighted by molar-refractivity contribution is 7.92. The van der Waals surface area contributed by atoms with Crippen LogP contribution >= 0.6 is 0 Å². The van der Waals surface area contributed by atoms with Crippen molar-refractivity contribution >= 4 is 27.9 Å². The zero-order valence-electron chi connectivity index (χ0n) is 14.2. The van der Waals surface area contributed by atoms with E-state index >= 15 is 0 Å². The molecule has 9 heteroatoms. The molecular weight excluding hydrogens is 356 g/mol. The third kappa shape index (κ3) is 6.54. The largest absolute Gasteiger partial charge is 0.357 e. The van der Waals surface area contributed by atoms with E-state index in [0.717, 1.165) is 16.5 Å². The van der Waals surface area contributed by atoms with Gasteiger partial charge in [0.25, 0.3) is 5.91 Å².